The van der Waals surface area contributed by atoms with Crippen LogP contribution in [0.5, 0.6) is 5.75 Å². The SMILES string of the molecule is C[n+]1cccc2c(S(=O)(=O)O)ccc(O)c21. The highest BCUT2D eigenvalue weighted by Gasteiger charge is 2.20. The largest absolute Gasteiger partial charge is 0.502 e. The molecule has 1 heterocycles. The van der Waals surface area contributed by atoms with Crippen LogP contribution < -0.4 is 4.57 Å². The number of hydrogen-bond donors (Lipinski definition) is 2. The zero-order chi connectivity index (χ0) is 11.9. The molecule has 5 nitrogen and oxygen atoms in total. The number of hydrogen-bond acceptors (Lipinski definition) is 3. The molecule has 0 amide bonds. The van der Waals surface area contributed by atoms with Gasteiger partial charge in [-0.25, -0.2) is 0 Å². The number of phenolic OH excluding ortho intramolecular Hbond substituents is 1. The van der Waals surface area contributed by atoms with E-state index in [1.807, 2.05) is 0 Å². The lowest BCUT2D eigenvalue weighted by atomic mass is 10.2. The van der Waals surface area contributed by atoms with E-state index in [0.717, 1.165) is 0 Å². The van der Waals surface area contributed by atoms with Crippen LogP contribution in [-0.4, -0.2) is 18.1 Å². The van der Waals surface area contributed by atoms with Crippen molar-refractivity contribution in [2.75, 3.05) is 0 Å². The van der Waals surface area contributed by atoms with Crippen molar-refractivity contribution in [3.05, 3.63) is 30.5 Å². The second-order valence-corrected chi connectivity index (χ2v) is 4.83. The molecule has 0 fully saturated rings. The van der Waals surface area contributed by atoms with E-state index in [9.17, 15) is 13.5 Å². The summed E-state index contributed by atoms with van der Waals surface area (Å²) in [6.07, 6.45) is 1.68. The van der Waals surface area contributed by atoms with Crippen LogP contribution in [0.4, 0.5) is 0 Å². The van der Waals surface area contributed by atoms with Crippen LogP contribution in [0.2, 0.25) is 0 Å². The van der Waals surface area contributed by atoms with Gasteiger partial charge in [-0.1, -0.05) is 0 Å². The molecule has 1 aromatic carbocycles. The number of aromatic hydroxyl groups is 1. The smallest absolute Gasteiger partial charge is 0.295 e. The minimum atomic E-state index is -4.29. The summed E-state index contributed by atoms with van der Waals surface area (Å²) in [5.74, 6) is -0.0366. The molecule has 0 saturated heterocycles. The van der Waals surface area contributed by atoms with E-state index < -0.39 is 10.1 Å². The summed E-state index contributed by atoms with van der Waals surface area (Å²) in [4.78, 5) is -0.212. The molecule has 0 bridgehead atoms. The Kier molecular flexibility index (Phi) is 2.32. The molecule has 2 N–H and O–H groups in total. The number of benzene rings is 1. The average molecular weight is 240 g/mol. The number of pyridine rings is 1. The Morgan fingerprint density at radius 3 is 2.56 bits per heavy atom. The van der Waals surface area contributed by atoms with Gasteiger partial charge in [0, 0.05) is 6.07 Å². The predicted molar refractivity (Wildman–Crippen MR) is 56.6 cm³/mol. The molecule has 16 heavy (non-hydrogen) atoms. The van der Waals surface area contributed by atoms with Crippen LogP contribution in [0.25, 0.3) is 10.9 Å². The summed E-state index contributed by atoms with van der Waals surface area (Å²) >= 11 is 0. The lowest BCUT2D eigenvalue weighted by molar-refractivity contribution is -0.645. The van der Waals surface area contributed by atoms with Gasteiger partial charge in [-0.3, -0.25) is 4.55 Å². The van der Waals surface area contributed by atoms with E-state index in [0.29, 0.717) is 5.52 Å². The normalized spacial score (nSPS) is 11.9. The molecule has 2 aromatic rings. The van der Waals surface area contributed by atoms with Gasteiger partial charge >= 0.3 is 0 Å². The van der Waals surface area contributed by atoms with Gasteiger partial charge in [0.05, 0.1) is 5.39 Å². The number of nitrogens with zero attached hydrogens (tertiary/aromatic N) is 1. The molecule has 0 radical (unpaired) electrons. The zero-order valence-corrected chi connectivity index (χ0v) is 9.27. The molecule has 0 aliphatic rings. The number of fused-ring (bicyclic) bond motifs is 1. The molecule has 0 unspecified atom stereocenters. The maximum Gasteiger partial charge on any atom is 0.295 e. The van der Waals surface area contributed by atoms with E-state index in [2.05, 4.69) is 0 Å². The molecule has 1 aromatic heterocycles. The molecule has 0 aliphatic heterocycles. The third kappa shape index (κ3) is 1.62. The van der Waals surface area contributed by atoms with Crippen LogP contribution in [0, 0.1) is 0 Å². The molecule has 0 saturated carbocycles. The van der Waals surface area contributed by atoms with Crippen molar-refractivity contribution in [2.24, 2.45) is 7.05 Å². The van der Waals surface area contributed by atoms with Gasteiger partial charge in [-0.15, -0.1) is 0 Å². The first-order chi connectivity index (χ1) is 7.41. The quantitative estimate of drug-likeness (QED) is 0.565. The molecule has 6 heteroatoms. The Morgan fingerprint density at radius 1 is 1.25 bits per heavy atom. The molecule has 0 aliphatic carbocycles. The third-order valence-electron chi connectivity index (χ3n) is 2.36. The number of phenols is 1. The predicted octanol–water partition coefficient (Wildman–Crippen LogP) is 0.617. The van der Waals surface area contributed by atoms with E-state index in [-0.39, 0.29) is 16.0 Å². The second kappa shape index (κ2) is 3.43. The van der Waals surface area contributed by atoms with Gasteiger partial charge in [0.25, 0.3) is 15.6 Å². The van der Waals surface area contributed by atoms with Gasteiger partial charge in [-0.2, -0.15) is 13.0 Å². The molecule has 0 atom stereocenters. The number of aryl methyl sites for hydroxylation is 1. The van der Waals surface area contributed by atoms with Crippen molar-refractivity contribution >= 4 is 21.0 Å². The second-order valence-electron chi connectivity index (χ2n) is 3.44. The van der Waals surface area contributed by atoms with Gasteiger partial charge < -0.3 is 5.11 Å². The Hall–Kier alpha value is -1.66. The Balaban J connectivity index is 3.02. The van der Waals surface area contributed by atoms with Gasteiger partial charge in [-0.05, 0) is 18.2 Å². The van der Waals surface area contributed by atoms with Gasteiger partial charge in [0.15, 0.2) is 11.9 Å². The summed E-state index contributed by atoms with van der Waals surface area (Å²) in [5, 5.41) is 9.93. The van der Waals surface area contributed by atoms with Gasteiger partial charge in [0.1, 0.15) is 11.9 Å². The fourth-order valence-corrected chi connectivity index (χ4v) is 2.36. The monoisotopic (exact) mass is 240 g/mol. The topological polar surface area (TPSA) is 78.5 Å². The summed E-state index contributed by atoms with van der Waals surface area (Å²) in [7, 11) is -2.61. The highest BCUT2D eigenvalue weighted by Crippen LogP contribution is 2.27. The first-order valence-corrected chi connectivity index (χ1v) is 5.93. The Labute approximate surface area is 92.3 Å². The van der Waals surface area contributed by atoms with Crippen molar-refractivity contribution < 1.29 is 22.6 Å². The van der Waals surface area contributed by atoms with E-state index in [4.69, 9.17) is 4.55 Å². The van der Waals surface area contributed by atoms with Crippen molar-refractivity contribution in [1.29, 1.82) is 0 Å². The van der Waals surface area contributed by atoms with E-state index in [1.54, 1.807) is 23.9 Å². The van der Waals surface area contributed by atoms with E-state index in [1.165, 1.54) is 18.2 Å². The molecular formula is C10H10NO4S+. The average Bonchev–Trinajstić information content (AvgIpc) is 2.16. The minimum absolute atomic E-state index is 0.0366. The molecular weight excluding hydrogens is 230 g/mol. The van der Waals surface area contributed by atoms with Crippen molar-refractivity contribution in [2.45, 2.75) is 4.90 Å². The number of aromatic nitrogens is 1. The van der Waals surface area contributed by atoms with Crippen molar-refractivity contribution in [3.63, 3.8) is 0 Å². The summed E-state index contributed by atoms with van der Waals surface area (Å²) in [6, 6.07) is 5.58. The minimum Gasteiger partial charge on any atom is -0.502 e. The van der Waals surface area contributed by atoms with Crippen LogP contribution in [-0.2, 0) is 17.2 Å². The van der Waals surface area contributed by atoms with Crippen molar-refractivity contribution in [1.82, 2.24) is 0 Å². The Morgan fingerprint density at radius 2 is 1.94 bits per heavy atom. The first kappa shape index (κ1) is 10.8. The first-order valence-electron chi connectivity index (χ1n) is 4.49. The molecule has 0 spiro atoms. The molecule has 2 rings (SSSR count). The highest BCUT2D eigenvalue weighted by atomic mass is 32.2. The maximum absolute atomic E-state index is 11.1. The van der Waals surface area contributed by atoms with Crippen molar-refractivity contribution in [3.8, 4) is 5.75 Å². The van der Waals surface area contributed by atoms with Crippen LogP contribution >= 0.6 is 0 Å². The summed E-state index contributed by atoms with van der Waals surface area (Å²) in [5.41, 5.74) is 0.359. The summed E-state index contributed by atoms with van der Waals surface area (Å²) < 4.78 is 32.9. The lowest BCUT2D eigenvalue weighted by Crippen LogP contribution is -2.28. The third-order valence-corrected chi connectivity index (χ3v) is 3.27. The van der Waals surface area contributed by atoms with E-state index >= 15 is 0 Å². The summed E-state index contributed by atoms with van der Waals surface area (Å²) in [6.45, 7) is 0. The maximum atomic E-state index is 11.1. The fourth-order valence-electron chi connectivity index (χ4n) is 1.68. The van der Waals surface area contributed by atoms with Crippen LogP contribution in [0.1, 0.15) is 0 Å². The number of rotatable bonds is 1. The highest BCUT2D eigenvalue weighted by molar-refractivity contribution is 7.86. The van der Waals surface area contributed by atoms with Crippen LogP contribution in [0.3, 0.4) is 0 Å². The fraction of sp³-hybridized carbons (Fsp3) is 0.100. The van der Waals surface area contributed by atoms with Crippen LogP contribution in [0.15, 0.2) is 35.4 Å². The standard InChI is InChI=1S/C10H9NO4S/c1-11-6-2-3-7-9(16(13,14)15)5-4-8(12)10(7)11/h2-6H,1H3,(H-,12,13,14,15)/p+1. The lowest BCUT2D eigenvalue weighted by Gasteiger charge is -2.03. The van der Waals surface area contributed by atoms with Gasteiger partial charge in [0.2, 0.25) is 0 Å². The zero-order valence-electron chi connectivity index (χ0n) is 8.45. The molecule has 84 valence electrons. The Bertz CT molecular complexity index is 656.